The lowest BCUT2D eigenvalue weighted by Crippen LogP contribution is -2.33. The van der Waals surface area contributed by atoms with E-state index in [2.05, 4.69) is 25.8 Å². The van der Waals surface area contributed by atoms with E-state index in [9.17, 15) is 14.2 Å². The van der Waals surface area contributed by atoms with Crippen LogP contribution in [0, 0.1) is 12.3 Å². The first-order valence-electron chi connectivity index (χ1n) is 9.65. The van der Waals surface area contributed by atoms with Crippen molar-refractivity contribution in [3.05, 3.63) is 32.6 Å². The zero-order chi connectivity index (χ0) is 22.2. The van der Waals surface area contributed by atoms with Gasteiger partial charge in [-0.25, -0.2) is 9.36 Å². The summed E-state index contributed by atoms with van der Waals surface area (Å²) < 4.78 is 37.0. The van der Waals surface area contributed by atoms with Crippen molar-refractivity contribution >= 4 is 7.82 Å². The van der Waals surface area contributed by atoms with E-state index in [4.69, 9.17) is 18.3 Å². The molecule has 2 heterocycles. The summed E-state index contributed by atoms with van der Waals surface area (Å²) in [5, 5.41) is 0. The Bertz CT molecular complexity index is 878. The Morgan fingerprint density at radius 1 is 1.24 bits per heavy atom. The van der Waals surface area contributed by atoms with Crippen LogP contribution in [0.2, 0.25) is 0 Å². The number of H-pyrrole nitrogens is 1. The highest BCUT2D eigenvalue weighted by atomic mass is 31.2. The molecule has 4 unspecified atom stereocenters. The molecule has 0 amide bonds. The van der Waals surface area contributed by atoms with Crippen LogP contribution in [0.1, 0.15) is 66.2 Å². The molecule has 1 aromatic heterocycles. The van der Waals surface area contributed by atoms with Crippen LogP contribution in [0.5, 0.6) is 0 Å². The normalized spacial score (nSPS) is 25.2. The second kappa shape index (κ2) is 8.47. The van der Waals surface area contributed by atoms with Gasteiger partial charge >= 0.3 is 13.5 Å². The molecule has 4 atom stereocenters. The minimum atomic E-state index is -3.85. The number of aromatic amines is 1. The average Bonchev–Trinajstić information content (AvgIpc) is 2.89. The molecule has 0 saturated carbocycles. The largest absolute Gasteiger partial charge is 0.475 e. The number of hydrogen-bond donors (Lipinski definition) is 1. The molecule has 0 radical (unpaired) electrons. The van der Waals surface area contributed by atoms with Gasteiger partial charge in [-0.3, -0.25) is 27.9 Å². The first-order chi connectivity index (χ1) is 13.1. The summed E-state index contributed by atoms with van der Waals surface area (Å²) in [6.07, 6.45) is 0.592. The molecule has 1 aliphatic heterocycles. The van der Waals surface area contributed by atoms with E-state index in [1.165, 1.54) is 17.9 Å². The van der Waals surface area contributed by atoms with Gasteiger partial charge in [0, 0.05) is 25.3 Å². The van der Waals surface area contributed by atoms with Gasteiger partial charge in [0.15, 0.2) is 0 Å². The second-order valence-electron chi connectivity index (χ2n) is 9.59. The lowest BCUT2D eigenvalue weighted by Gasteiger charge is -2.30. The van der Waals surface area contributed by atoms with Crippen LogP contribution in [-0.2, 0) is 22.9 Å². The highest BCUT2D eigenvalue weighted by Gasteiger charge is 2.45. The number of rotatable bonds is 6. The number of hydrogen-bond acceptors (Lipinski definition) is 7. The number of phosphoric acid groups is 1. The van der Waals surface area contributed by atoms with Gasteiger partial charge < -0.3 is 4.74 Å². The summed E-state index contributed by atoms with van der Waals surface area (Å²) in [6, 6.07) is 0. The van der Waals surface area contributed by atoms with Gasteiger partial charge in [0.25, 0.3) is 5.56 Å². The van der Waals surface area contributed by atoms with Crippen molar-refractivity contribution < 1.29 is 22.9 Å². The number of aryl methyl sites for hydroxylation is 1. The molecule has 2 rings (SSSR count). The molecule has 29 heavy (non-hydrogen) atoms. The van der Waals surface area contributed by atoms with Crippen LogP contribution in [0.3, 0.4) is 0 Å². The van der Waals surface area contributed by atoms with E-state index < -0.39 is 43.1 Å². The first kappa shape index (κ1) is 24.0. The number of ether oxygens (including phenoxy) is 1. The quantitative estimate of drug-likeness (QED) is 0.685. The minimum Gasteiger partial charge on any atom is -0.352 e. The van der Waals surface area contributed by atoms with Crippen molar-refractivity contribution in [1.82, 2.24) is 9.55 Å². The molecule has 1 aromatic rings. The maximum Gasteiger partial charge on any atom is 0.475 e. The summed E-state index contributed by atoms with van der Waals surface area (Å²) in [7, 11) is -2.57. The molecule has 10 heteroatoms. The Labute approximate surface area is 171 Å². The van der Waals surface area contributed by atoms with Gasteiger partial charge in [0.05, 0.1) is 11.7 Å². The van der Waals surface area contributed by atoms with Gasteiger partial charge in [-0.2, -0.15) is 0 Å². The van der Waals surface area contributed by atoms with E-state index >= 15 is 0 Å². The third-order valence-electron chi connectivity index (χ3n) is 4.32. The van der Waals surface area contributed by atoms with Crippen LogP contribution in [0.4, 0.5) is 0 Å². The van der Waals surface area contributed by atoms with Gasteiger partial charge in [-0.15, -0.1) is 0 Å². The molecule has 0 aromatic carbocycles. The van der Waals surface area contributed by atoms with Crippen LogP contribution in [-0.4, -0.2) is 34.5 Å². The average molecular weight is 432 g/mol. The fourth-order valence-corrected chi connectivity index (χ4v) is 4.60. The third-order valence-corrected chi connectivity index (χ3v) is 6.07. The van der Waals surface area contributed by atoms with Gasteiger partial charge in [0.2, 0.25) is 0 Å². The zero-order valence-electron chi connectivity index (χ0n) is 18.5. The summed E-state index contributed by atoms with van der Waals surface area (Å²) in [5.41, 5.74) is -1.46. The summed E-state index contributed by atoms with van der Waals surface area (Å²) >= 11 is 0. The highest BCUT2D eigenvalue weighted by molar-refractivity contribution is 7.48. The molecule has 1 aliphatic rings. The van der Waals surface area contributed by atoms with E-state index in [-0.39, 0.29) is 11.8 Å². The van der Waals surface area contributed by atoms with E-state index in [0.717, 1.165) is 0 Å². The predicted octanol–water partition coefficient (Wildman–Crippen LogP) is 3.52. The maximum absolute atomic E-state index is 13.0. The SMILES string of the molecule is COP(=O)(OC1CC(n2cc(C)c(=O)[nH]c2=O)OC1CC(C)(C)C)OC(C)(C)C. The van der Waals surface area contributed by atoms with E-state index in [1.54, 1.807) is 27.7 Å². The molecule has 166 valence electrons. The minimum absolute atomic E-state index is 0.102. The smallest absolute Gasteiger partial charge is 0.352 e. The molecule has 0 spiro atoms. The van der Waals surface area contributed by atoms with Crippen LogP contribution in [0.15, 0.2) is 15.8 Å². The number of aromatic nitrogens is 2. The summed E-state index contributed by atoms with van der Waals surface area (Å²) in [5.74, 6) is 0. The fraction of sp³-hybridized carbons (Fsp3) is 0.789. The number of phosphoric ester groups is 1. The molecular formula is C19H33N2O7P. The van der Waals surface area contributed by atoms with E-state index in [1.807, 2.05) is 0 Å². The van der Waals surface area contributed by atoms with E-state index in [0.29, 0.717) is 12.0 Å². The van der Waals surface area contributed by atoms with Crippen LogP contribution >= 0.6 is 7.82 Å². The van der Waals surface area contributed by atoms with Crippen molar-refractivity contribution in [3.63, 3.8) is 0 Å². The molecule has 0 aliphatic carbocycles. The number of nitrogens with zero attached hydrogens (tertiary/aromatic N) is 1. The molecule has 1 fully saturated rings. The molecule has 0 bridgehead atoms. The van der Waals surface area contributed by atoms with Gasteiger partial charge in [0.1, 0.15) is 12.3 Å². The number of nitrogens with one attached hydrogen (secondary N) is 1. The fourth-order valence-electron chi connectivity index (χ4n) is 3.17. The summed E-state index contributed by atoms with van der Waals surface area (Å²) in [4.78, 5) is 26.2. The zero-order valence-corrected chi connectivity index (χ0v) is 19.4. The van der Waals surface area contributed by atoms with Crippen molar-refractivity contribution in [1.29, 1.82) is 0 Å². The second-order valence-corrected chi connectivity index (χ2v) is 11.2. The lowest BCUT2D eigenvalue weighted by atomic mass is 9.87. The molecule has 1 N–H and O–H groups in total. The van der Waals surface area contributed by atoms with Crippen molar-refractivity contribution in [2.24, 2.45) is 5.41 Å². The van der Waals surface area contributed by atoms with Crippen molar-refractivity contribution in [2.45, 2.75) is 85.3 Å². The van der Waals surface area contributed by atoms with Gasteiger partial charge in [-0.1, -0.05) is 20.8 Å². The maximum atomic E-state index is 13.0. The van der Waals surface area contributed by atoms with Gasteiger partial charge in [-0.05, 0) is 39.5 Å². The Balaban J connectivity index is 2.34. The standard InChI is InChI=1S/C19H33N2O7P/c1-12-11-21(17(23)20-16(12)22)15-9-13(14(26-15)10-18(2,3)4)27-29(24,25-8)28-19(5,6)7/h11,13-15H,9-10H2,1-8H3,(H,20,22,23). The monoisotopic (exact) mass is 432 g/mol. The molecule has 9 nitrogen and oxygen atoms in total. The Kier molecular flexibility index (Phi) is 7.02. The Morgan fingerprint density at radius 3 is 2.38 bits per heavy atom. The third kappa shape index (κ3) is 6.62. The van der Waals surface area contributed by atoms with Crippen molar-refractivity contribution in [2.75, 3.05) is 7.11 Å². The molecule has 1 saturated heterocycles. The lowest BCUT2D eigenvalue weighted by molar-refractivity contribution is -0.0440. The molecular weight excluding hydrogens is 399 g/mol. The van der Waals surface area contributed by atoms with Crippen LogP contribution in [0.25, 0.3) is 0 Å². The first-order valence-corrected chi connectivity index (χ1v) is 11.1. The predicted molar refractivity (Wildman–Crippen MR) is 109 cm³/mol. The Hall–Kier alpha value is -1.25. The van der Waals surface area contributed by atoms with Crippen LogP contribution < -0.4 is 11.2 Å². The highest BCUT2D eigenvalue weighted by Crippen LogP contribution is 2.55. The van der Waals surface area contributed by atoms with Crippen molar-refractivity contribution in [3.8, 4) is 0 Å². The Morgan fingerprint density at radius 2 is 1.86 bits per heavy atom. The topological polar surface area (TPSA) is 109 Å². The summed E-state index contributed by atoms with van der Waals surface area (Å²) in [6.45, 7) is 13.0.